The average molecular weight is 357 g/mol. The molecule has 0 saturated heterocycles. The molecule has 2 aromatic rings. The van der Waals surface area contributed by atoms with E-state index in [-0.39, 0.29) is 5.92 Å². The maximum absolute atomic E-state index is 13.3. The summed E-state index contributed by atoms with van der Waals surface area (Å²) in [5.74, 6) is -0.0468. The highest BCUT2D eigenvalue weighted by Gasteiger charge is 2.27. The summed E-state index contributed by atoms with van der Waals surface area (Å²) < 4.78 is 26.3. The Morgan fingerprint density at radius 2 is 1.80 bits per heavy atom. The molecule has 0 aromatic heterocycles. The minimum absolute atomic E-state index is 0.236. The highest BCUT2D eigenvalue weighted by Crippen LogP contribution is 2.41. The summed E-state index contributed by atoms with van der Waals surface area (Å²) in [5, 5.41) is 0. The molecular weight excluding hydrogens is 336 g/mol. The number of thioether (sulfide) groups is 1. The summed E-state index contributed by atoms with van der Waals surface area (Å²) in [4.78, 5) is 0. The van der Waals surface area contributed by atoms with Gasteiger partial charge in [-0.3, -0.25) is 0 Å². The first-order chi connectivity index (χ1) is 12.0. The van der Waals surface area contributed by atoms with Crippen molar-refractivity contribution in [1.82, 2.24) is 0 Å². The number of hydrogen-bond acceptors (Lipinski definition) is 2. The molecule has 3 rings (SSSR count). The van der Waals surface area contributed by atoms with Gasteiger partial charge in [0.05, 0.1) is 0 Å². The van der Waals surface area contributed by atoms with E-state index in [1.165, 1.54) is 23.3 Å². The van der Waals surface area contributed by atoms with Gasteiger partial charge in [-0.2, -0.15) is 11.8 Å². The van der Waals surface area contributed by atoms with E-state index in [0.29, 0.717) is 5.75 Å². The van der Waals surface area contributed by atoms with Crippen LogP contribution >= 0.6 is 11.8 Å². The van der Waals surface area contributed by atoms with Crippen LogP contribution in [0.25, 0.3) is 0 Å². The van der Waals surface area contributed by atoms with Crippen LogP contribution in [0.4, 0.5) is 8.78 Å². The van der Waals surface area contributed by atoms with E-state index in [4.69, 9.17) is 5.73 Å². The SMILES string of the molecule is C=C1C(CSCc2ccc(F)c(F)c2)=C(N)CC1c1ccc(C)cc1. The van der Waals surface area contributed by atoms with Crippen molar-refractivity contribution >= 4 is 11.8 Å². The first-order valence-corrected chi connectivity index (χ1v) is 9.36. The zero-order valence-corrected chi connectivity index (χ0v) is 15.0. The molecule has 1 aliphatic carbocycles. The molecule has 0 bridgehead atoms. The summed E-state index contributed by atoms with van der Waals surface area (Å²) >= 11 is 1.64. The molecule has 0 spiro atoms. The van der Waals surface area contributed by atoms with Gasteiger partial charge in [-0.25, -0.2) is 8.78 Å². The lowest BCUT2D eigenvalue weighted by molar-refractivity contribution is 0.507. The average Bonchev–Trinajstić information content (AvgIpc) is 2.87. The minimum atomic E-state index is -0.814. The summed E-state index contributed by atoms with van der Waals surface area (Å²) in [6.45, 7) is 6.33. The molecule has 4 heteroatoms. The number of halogens is 2. The maximum atomic E-state index is 13.3. The molecule has 1 nitrogen and oxygen atoms in total. The van der Waals surface area contributed by atoms with Crippen LogP contribution < -0.4 is 5.73 Å². The van der Waals surface area contributed by atoms with E-state index in [9.17, 15) is 8.78 Å². The third-order valence-electron chi connectivity index (χ3n) is 4.60. The zero-order chi connectivity index (χ0) is 18.0. The monoisotopic (exact) mass is 357 g/mol. The summed E-state index contributed by atoms with van der Waals surface area (Å²) in [6, 6.07) is 12.5. The molecule has 1 aliphatic rings. The Morgan fingerprint density at radius 1 is 1.08 bits per heavy atom. The number of benzene rings is 2. The maximum Gasteiger partial charge on any atom is 0.159 e. The molecule has 2 aromatic carbocycles. The Kier molecular flexibility index (Phi) is 5.28. The summed E-state index contributed by atoms with van der Waals surface area (Å²) in [6.07, 6.45) is 0.795. The minimum Gasteiger partial charge on any atom is -0.402 e. The highest BCUT2D eigenvalue weighted by molar-refractivity contribution is 7.98. The van der Waals surface area contributed by atoms with Crippen LogP contribution in [0.1, 0.15) is 29.0 Å². The van der Waals surface area contributed by atoms with Crippen LogP contribution in [0.3, 0.4) is 0 Å². The molecule has 130 valence electrons. The largest absolute Gasteiger partial charge is 0.402 e. The van der Waals surface area contributed by atoms with Crippen LogP contribution in [0.2, 0.25) is 0 Å². The second-order valence-corrected chi connectivity index (χ2v) is 7.42. The Labute approximate surface area is 151 Å². The normalized spacial score (nSPS) is 17.4. The molecular formula is C21H21F2NS. The van der Waals surface area contributed by atoms with E-state index in [2.05, 4.69) is 37.8 Å². The van der Waals surface area contributed by atoms with Gasteiger partial charge in [-0.05, 0) is 47.8 Å². The van der Waals surface area contributed by atoms with Crippen molar-refractivity contribution in [3.8, 4) is 0 Å². The number of allylic oxidation sites excluding steroid dienone is 2. The van der Waals surface area contributed by atoms with Crippen molar-refractivity contribution in [2.24, 2.45) is 5.73 Å². The highest BCUT2D eigenvalue weighted by atomic mass is 32.2. The fourth-order valence-corrected chi connectivity index (χ4v) is 4.18. The number of rotatable bonds is 5. The van der Waals surface area contributed by atoms with E-state index in [1.54, 1.807) is 17.8 Å². The molecule has 0 saturated carbocycles. The van der Waals surface area contributed by atoms with Crippen LogP contribution in [0, 0.1) is 18.6 Å². The van der Waals surface area contributed by atoms with Gasteiger partial charge < -0.3 is 5.73 Å². The number of hydrogen-bond donors (Lipinski definition) is 1. The standard InChI is InChI=1S/C21H21F2NS/c1-13-3-6-16(7-4-13)17-10-21(24)18(14(17)2)12-25-11-15-5-8-19(22)20(23)9-15/h3-9,17H,2,10-12,24H2,1H3. The quantitative estimate of drug-likeness (QED) is 0.768. The van der Waals surface area contributed by atoms with E-state index < -0.39 is 11.6 Å². The van der Waals surface area contributed by atoms with E-state index >= 15 is 0 Å². The Balaban J connectivity index is 1.62. The third-order valence-corrected chi connectivity index (χ3v) is 5.63. The van der Waals surface area contributed by atoms with Gasteiger partial charge in [0.2, 0.25) is 0 Å². The van der Waals surface area contributed by atoms with Crippen molar-refractivity contribution < 1.29 is 8.78 Å². The lowest BCUT2D eigenvalue weighted by Gasteiger charge is -2.14. The zero-order valence-electron chi connectivity index (χ0n) is 14.2. The number of aryl methyl sites for hydroxylation is 1. The Hall–Kier alpha value is -2.07. The topological polar surface area (TPSA) is 26.0 Å². The fourth-order valence-electron chi connectivity index (χ4n) is 3.09. The predicted molar refractivity (Wildman–Crippen MR) is 101 cm³/mol. The van der Waals surface area contributed by atoms with Crippen LogP contribution in [0.5, 0.6) is 0 Å². The van der Waals surface area contributed by atoms with Crippen molar-refractivity contribution in [3.05, 3.63) is 94.2 Å². The van der Waals surface area contributed by atoms with Crippen LogP contribution in [-0.4, -0.2) is 5.75 Å². The van der Waals surface area contributed by atoms with Gasteiger partial charge in [-0.1, -0.05) is 42.5 Å². The van der Waals surface area contributed by atoms with Crippen molar-refractivity contribution in [3.63, 3.8) is 0 Å². The molecule has 2 N–H and O–H groups in total. The van der Waals surface area contributed by atoms with Crippen molar-refractivity contribution in [1.29, 1.82) is 0 Å². The van der Waals surface area contributed by atoms with Crippen LogP contribution in [0.15, 0.2) is 65.9 Å². The molecule has 1 atom stereocenters. The molecule has 0 radical (unpaired) electrons. The van der Waals surface area contributed by atoms with Gasteiger partial charge in [0.1, 0.15) is 0 Å². The van der Waals surface area contributed by atoms with Gasteiger partial charge in [-0.15, -0.1) is 0 Å². The first kappa shape index (κ1) is 17.7. The molecule has 1 unspecified atom stereocenters. The predicted octanol–water partition coefficient (Wildman–Crippen LogP) is 5.46. The first-order valence-electron chi connectivity index (χ1n) is 8.20. The van der Waals surface area contributed by atoms with Gasteiger partial charge in [0.15, 0.2) is 11.6 Å². The summed E-state index contributed by atoms with van der Waals surface area (Å²) in [5.41, 5.74) is 12.5. The van der Waals surface area contributed by atoms with Gasteiger partial charge >= 0.3 is 0 Å². The Morgan fingerprint density at radius 3 is 2.48 bits per heavy atom. The van der Waals surface area contributed by atoms with Crippen LogP contribution in [-0.2, 0) is 5.75 Å². The van der Waals surface area contributed by atoms with Crippen molar-refractivity contribution in [2.45, 2.75) is 25.0 Å². The van der Waals surface area contributed by atoms with Gasteiger partial charge in [0.25, 0.3) is 0 Å². The third kappa shape index (κ3) is 3.96. The summed E-state index contributed by atoms with van der Waals surface area (Å²) in [7, 11) is 0. The smallest absolute Gasteiger partial charge is 0.159 e. The van der Waals surface area contributed by atoms with E-state index in [1.807, 2.05) is 0 Å². The molecule has 0 heterocycles. The van der Waals surface area contributed by atoms with Gasteiger partial charge in [0, 0.05) is 23.1 Å². The molecule has 0 fully saturated rings. The lowest BCUT2D eigenvalue weighted by atomic mass is 9.91. The second kappa shape index (κ2) is 7.44. The Bertz CT molecular complexity index is 824. The molecule has 25 heavy (non-hydrogen) atoms. The van der Waals surface area contributed by atoms with E-state index in [0.717, 1.165) is 34.6 Å². The molecule has 0 aliphatic heterocycles. The molecule has 0 amide bonds. The lowest BCUT2D eigenvalue weighted by Crippen LogP contribution is -1.99. The van der Waals surface area contributed by atoms with Crippen molar-refractivity contribution in [2.75, 3.05) is 5.75 Å². The number of nitrogens with two attached hydrogens (primary N) is 1. The fraction of sp³-hybridized carbons (Fsp3) is 0.238. The second-order valence-electron chi connectivity index (χ2n) is 6.44.